The lowest BCUT2D eigenvalue weighted by Crippen LogP contribution is -2.55. The van der Waals surface area contributed by atoms with E-state index in [4.69, 9.17) is 4.74 Å². The number of amides is 3. The number of benzene rings is 1. The van der Waals surface area contributed by atoms with E-state index in [1.165, 1.54) is 12.0 Å². The van der Waals surface area contributed by atoms with Crippen LogP contribution >= 0.6 is 0 Å². The zero-order valence-corrected chi connectivity index (χ0v) is 19.6. The summed E-state index contributed by atoms with van der Waals surface area (Å²) in [6.07, 6.45) is 3.21. The molecule has 2 rings (SSSR count). The molecule has 1 aromatic carbocycles. The van der Waals surface area contributed by atoms with E-state index in [1.807, 2.05) is 51.1 Å². The van der Waals surface area contributed by atoms with Gasteiger partial charge in [0, 0.05) is 12.3 Å². The zero-order chi connectivity index (χ0) is 23.1. The number of carbonyl (C=O) groups is 3. The Kier molecular flexibility index (Phi) is 8.84. The van der Waals surface area contributed by atoms with E-state index in [9.17, 15) is 14.4 Å². The van der Waals surface area contributed by atoms with Crippen molar-refractivity contribution >= 4 is 17.7 Å². The van der Waals surface area contributed by atoms with E-state index in [0.717, 1.165) is 24.8 Å². The molecule has 31 heavy (non-hydrogen) atoms. The van der Waals surface area contributed by atoms with Gasteiger partial charge >= 0.3 is 0 Å². The maximum absolute atomic E-state index is 13.6. The smallest absolute Gasteiger partial charge is 0.260 e. The summed E-state index contributed by atoms with van der Waals surface area (Å²) in [4.78, 5) is 40.6. The molecular formula is C25H36N2O4. The summed E-state index contributed by atoms with van der Waals surface area (Å²) in [5.74, 6) is -0.731. The highest BCUT2D eigenvalue weighted by atomic mass is 16.5. The summed E-state index contributed by atoms with van der Waals surface area (Å²) in [6.45, 7) is 9.40. The van der Waals surface area contributed by atoms with Crippen LogP contribution in [0.3, 0.4) is 0 Å². The van der Waals surface area contributed by atoms with E-state index in [2.05, 4.69) is 12.2 Å². The monoisotopic (exact) mass is 428 g/mol. The van der Waals surface area contributed by atoms with Crippen molar-refractivity contribution in [2.45, 2.75) is 72.4 Å². The van der Waals surface area contributed by atoms with Crippen molar-refractivity contribution in [3.63, 3.8) is 0 Å². The lowest BCUT2D eigenvalue weighted by molar-refractivity contribution is -0.147. The second-order valence-corrected chi connectivity index (χ2v) is 8.69. The summed E-state index contributed by atoms with van der Waals surface area (Å²) in [5, 5.41) is 2.91. The summed E-state index contributed by atoms with van der Waals surface area (Å²) >= 11 is 0. The number of ether oxygens (including phenoxy) is 1. The van der Waals surface area contributed by atoms with Crippen LogP contribution in [0.2, 0.25) is 0 Å². The summed E-state index contributed by atoms with van der Waals surface area (Å²) in [7, 11) is 1.52. The number of methoxy groups -OCH3 is 1. The maximum atomic E-state index is 13.6. The van der Waals surface area contributed by atoms with Crippen LogP contribution in [0.5, 0.6) is 0 Å². The molecule has 1 aromatic rings. The van der Waals surface area contributed by atoms with Crippen molar-refractivity contribution in [1.29, 1.82) is 0 Å². The van der Waals surface area contributed by atoms with Gasteiger partial charge in [-0.05, 0) is 24.8 Å². The van der Waals surface area contributed by atoms with Gasteiger partial charge in [0.15, 0.2) is 0 Å². The Balaban J connectivity index is 2.29. The van der Waals surface area contributed by atoms with Gasteiger partial charge in [0.05, 0.1) is 12.7 Å². The Morgan fingerprint density at radius 2 is 1.81 bits per heavy atom. The molecule has 6 heteroatoms. The predicted molar refractivity (Wildman–Crippen MR) is 121 cm³/mol. The fourth-order valence-electron chi connectivity index (χ4n) is 3.96. The first kappa shape index (κ1) is 24.6. The highest BCUT2D eigenvalue weighted by molar-refractivity contribution is 6.09. The van der Waals surface area contributed by atoms with Crippen LogP contribution in [0.1, 0.15) is 59.4 Å². The average Bonchev–Trinajstić information content (AvgIpc) is 2.99. The van der Waals surface area contributed by atoms with Crippen molar-refractivity contribution in [1.82, 2.24) is 10.2 Å². The number of imide groups is 1. The number of unbranched alkanes of at least 4 members (excludes halogenated alkanes) is 1. The van der Waals surface area contributed by atoms with Gasteiger partial charge < -0.3 is 10.1 Å². The molecule has 170 valence electrons. The number of nitrogens with zero attached hydrogens (tertiary/aromatic N) is 1. The third-order valence-corrected chi connectivity index (χ3v) is 5.92. The Bertz CT molecular complexity index is 816. The van der Waals surface area contributed by atoms with Gasteiger partial charge in [-0.2, -0.15) is 0 Å². The molecule has 1 heterocycles. The molecule has 0 bridgehead atoms. The first-order valence-electron chi connectivity index (χ1n) is 11.2. The average molecular weight is 429 g/mol. The van der Waals surface area contributed by atoms with Crippen LogP contribution in [-0.4, -0.2) is 41.8 Å². The van der Waals surface area contributed by atoms with Crippen LogP contribution in [0.25, 0.3) is 0 Å². The van der Waals surface area contributed by atoms with E-state index < -0.39 is 12.1 Å². The Morgan fingerprint density at radius 1 is 1.16 bits per heavy atom. The van der Waals surface area contributed by atoms with Gasteiger partial charge in [0.1, 0.15) is 17.8 Å². The standard InChI is InChI=1S/C25H36N2O4/c1-7-8-12-17(4)23(28)26-21(16(2)3)25(30)27-20(15-19-13-10-9-11-14-19)22(31-6)18(5)24(27)29/h9-11,13-14,16-17,20-21H,7-8,12,15H2,1-6H3,(H,26,28). The minimum atomic E-state index is -0.775. The largest absolute Gasteiger partial charge is 0.498 e. The first-order valence-corrected chi connectivity index (χ1v) is 11.2. The molecule has 0 fully saturated rings. The lowest BCUT2D eigenvalue weighted by Gasteiger charge is -2.31. The summed E-state index contributed by atoms with van der Waals surface area (Å²) in [6, 6.07) is 8.41. The molecule has 3 amide bonds. The third-order valence-electron chi connectivity index (χ3n) is 5.92. The van der Waals surface area contributed by atoms with Gasteiger partial charge in [-0.25, -0.2) is 0 Å². The fraction of sp³-hybridized carbons (Fsp3) is 0.560. The Labute approximate surface area is 186 Å². The number of hydrogen-bond donors (Lipinski definition) is 1. The van der Waals surface area contributed by atoms with E-state index >= 15 is 0 Å². The van der Waals surface area contributed by atoms with Crippen LogP contribution in [-0.2, 0) is 25.5 Å². The Hall–Kier alpha value is -2.63. The van der Waals surface area contributed by atoms with Crippen molar-refractivity contribution in [2.75, 3.05) is 7.11 Å². The molecule has 3 atom stereocenters. The normalized spacial score (nSPS) is 18.4. The fourth-order valence-corrected chi connectivity index (χ4v) is 3.96. The number of rotatable bonds is 10. The van der Waals surface area contributed by atoms with Crippen molar-refractivity contribution < 1.29 is 19.1 Å². The second-order valence-electron chi connectivity index (χ2n) is 8.69. The molecule has 1 N–H and O–H groups in total. The maximum Gasteiger partial charge on any atom is 0.260 e. The second kappa shape index (κ2) is 11.1. The molecule has 0 saturated heterocycles. The van der Waals surface area contributed by atoms with Gasteiger partial charge in [0.2, 0.25) is 5.91 Å². The minimum Gasteiger partial charge on any atom is -0.498 e. The highest BCUT2D eigenvalue weighted by Crippen LogP contribution is 2.30. The molecule has 6 nitrogen and oxygen atoms in total. The first-order chi connectivity index (χ1) is 14.7. The molecule has 3 unspecified atom stereocenters. The van der Waals surface area contributed by atoms with E-state index in [0.29, 0.717) is 17.8 Å². The van der Waals surface area contributed by atoms with Crippen molar-refractivity contribution in [2.24, 2.45) is 11.8 Å². The molecule has 0 saturated carbocycles. The van der Waals surface area contributed by atoms with Gasteiger partial charge in [-0.15, -0.1) is 0 Å². The van der Waals surface area contributed by atoms with Gasteiger partial charge in [-0.1, -0.05) is 70.9 Å². The van der Waals surface area contributed by atoms with Crippen LogP contribution < -0.4 is 5.32 Å². The van der Waals surface area contributed by atoms with Crippen LogP contribution in [0.4, 0.5) is 0 Å². The molecular weight excluding hydrogens is 392 g/mol. The molecule has 0 aliphatic carbocycles. The number of nitrogens with one attached hydrogen (secondary N) is 1. The zero-order valence-electron chi connectivity index (χ0n) is 19.6. The minimum absolute atomic E-state index is 0.150. The number of hydrogen-bond acceptors (Lipinski definition) is 4. The lowest BCUT2D eigenvalue weighted by atomic mass is 9.98. The molecule has 0 radical (unpaired) electrons. The molecule has 0 aromatic heterocycles. The SMILES string of the molecule is CCCCC(C)C(=O)NC(C(=O)N1C(=O)C(C)=C(OC)C1Cc1ccccc1)C(C)C. The van der Waals surface area contributed by atoms with Gasteiger partial charge in [-0.3, -0.25) is 19.3 Å². The predicted octanol–water partition coefficient (Wildman–Crippen LogP) is 3.85. The van der Waals surface area contributed by atoms with E-state index in [-0.39, 0.29) is 29.6 Å². The van der Waals surface area contributed by atoms with Crippen molar-refractivity contribution in [3.8, 4) is 0 Å². The quantitative estimate of drug-likeness (QED) is 0.614. The van der Waals surface area contributed by atoms with Gasteiger partial charge in [0.25, 0.3) is 11.8 Å². The summed E-state index contributed by atoms with van der Waals surface area (Å²) < 4.78 is 5.54. The molecule has 1 aliphatic heterocycles. The Morgan fingerprint density at radius 3 is 2.35 bits per heavy atom. The third kappa shape index (κ3) is 5.75. The molecule has 0 spiro atoms. The van der Waals surface area contributed by atoms with Crippen molar-refractivity contribution in [3.05, 3.63) is 47.2 Å². The van der Waals surface area contributed by atoms with Crippen LogP contribution in [0.15, 0.2) is 41.7 Å². The molecule has 1 aliphatic rings. The number of carbonyl (C=O) groups excluding carboxylic acids is 3. The summed E-state index contributed by atoms with van der Waals surface area (Å²) in [5.41, 5.74) is 1.43. The topological polar surface area (TPSA) is 75.7 Å². The highest BCUT2D eigenvalue weighted by Gasteiger charge is 2.45. The van der Waals surface area contributed by atoms with E-state index in [1.54, 1.807) is 6.92 Å². The van der Waals surface area contributed by atoms with Crippen LogP contribution in [0, 0.1) is 11.8 Å².